The Hall–Kier alpha value is -2.54. The van der Waals surface area contributed by atoms with Crippen LogP contribution >= 0.6 is 11.8 Å². The molecule has 1 amide bonds. The molecule has 148 valence electrons. The van der Waals surface area contributed by atoms with Gasteiger partial charge in [-0.3, -0.25) is 14.4 Å². The maximum Gasteiger partial charge on any atom is 0.326 e. The second kappa shape index (κ2) is 8.22. The highest BCUT2D eigenvalue weighted by Crippen LogP contribution is 2.23. The van der Waals surface area contributed by atoms with Crippen LogP contribution < -0.4 is 0 Å². The molecule has 0 spiro atoms. The number of carbonyl (C=O) groups excluding carboxylic acids is 3. The van der Waals surface area contributed by atoms with Crippen LogP contribution in [0.25, 0.3) is 5.69 Å². The normalized spacial score (nSPS) is 13.9. The first-order chi connectivity index (χ1) is 13.3. The van der Waals surface area contributed by atoms with E-state index in [-0.39, 0.29) is 24.8 Å². The van der Waals surface area contributed by atoms with Gasteiger partial charge in [-0.05, 0) is 57.0 Å². The SMILES string of the molecule is Cc1ccc(-n2c(C)cc(C(=O)COC(=O)CN3CSCC3=O)c2C)cc1C. The highest BCUT2D eigenvalue weighted by Gasteiger charge is 2.24. The Bertz CT molecular complexity index is 948. The number of ether oxygens (including phenoxy) is 1. The van der Waals surface area contributed by atoms with Crippen molar-refractivity contribution in [3.05, 3.63) is 52.3 Å². The second-order valence-corrected chi connectivity index (χ2v) is 8.00. The predicted molar refractivity (Wildman–Crippen MR) is 109 cm³/mol. The summed E-state index contributed by atoms with van der Waals surface area (Å²) in [6, 6.07) is 8.00. The van der Waals surface area contributed by atoms with Crippen LogP contribution in [-0.2, 0) is 14.3 Å². The molecule has 6 nitrogen and oxygen atoms in total. The standard InChI is InChI=1S/C21H24N2O4S/c1-13-5-6-17(7-14(13)2)23-15(3)8-18(16(23)4)19(24)10-27-21(26)9-22-12-28-11-20(22)25/h5-8H,9-12H2,1-4H3. The third kappa shape index (κ3) is 4.14. The first-order valence-electron chi connectivity index (χ1n) is 9.09. The van der Waals surface area contributed by atoms with Crippen LogP contribution in [0.3, 0.4) is 0 Å². The highest BCUT2D eigenvalue weighted by atomic mass is 32.2. The zero-order valence-corrected chi connectivity index (χ0v) is 17.4. The lowest BCUT2D eigenvalue weighted by Gasteiger charge is -2.13. The number of aromatic nitrogens is 1. The summed E-state index contributed by atoms with van der Waals surface area (Å²) < 4.78 is 7.14. The summed E-state index contributed by atoms with van der Waals surface area (Å²) >= 11 is 1.46. The van der Waals surface area contributed by atoms with E-state index in [1.165, 1.54) is 27.8 Å². The third-order valence-corrected chi connectivity index (χ3v) is 5.94. The summed E-state index contributed by atoms with van der Waals surface area (Å²) in [6.07, 6.45) is 0. The topological polar surface area (TPSA) is 68.6 Å². The van der Waals surface area contributed by atoms with Crippen LogP contribution in [0.2, 0.25) is 0 Å². The van der Waals surface area contributed by atoms with Crippen LogP contribution in [0.15, 0.2) is 24.3 Å². The first kappa shape index (κ1) is 20.2. The van der Waals surface area contributed by atoms with E-state index < -0.39 is 5.97 Å². The zero-order valence-electron chi connectivity index (χ0n) is 16.6. The van der Waals surface area contributed by atoms with E-state index in [1.807, 2.05) is 30.5 Å². The van der Waals surface area contributed by atoms with Crippen molar-refractivity contribution in [2.45, 2.75) is 27.7 Å². The number of aryl methyl sites for hydroxylation is 3. The van der Waals surface area contributed by atoms with Crippen LogP contribution in [0.5, 0.6) is 0 Å². The minimum Gasteiger partial charge on any atom is -0.456 e. The number of hydrogen-bond donors (Lipinski definition) is 0. The molecule has 0 atom stereocenters. The summed E-state index contributed by atoms with van der Waals surface area (Å²) in [5, 5.41) is 0. The van der Waals surface area contributed by atoms with Crippen LogP contribution in [0, 0.1) is 27.7 Å². The molecule has 1 aromatic heterocycles. The number of benzene rings is 1. The van der Waals surface area contributed by atoms with Crippen molar-refractivity contribution < 1.29 is 19.1 Å². The Morgan fingerprint density at radius 1 is 1.11 bits per heavy atom. The van der Waals surface area contributed by atoms with Gasteiger partial charge in [0.1, 0.15) is 6.54 Å². The van der Waals surface area contributed by atoms with Gasteiger partial charge in [0.15, 0.2) is 6.61 Å². The molecule has 3 rings (SSSR count). The third-order valence-electron chi connectivity index (χ3n) is 4.99. The van der Waals surface area contributed by atoms with Crippen molar-refractivity contribution in [1.29, 1.82) is 0 Å². The van der Waals surface area contributed by atoms with Gasteiger partial charge in [-0.25, -0.2) is 0 Å². The van der Waals surface area contributed by atoms with Gasteiger partial charge in [0.25, 0.3) is 0 Å². The van der Waals surface area contributed by atoms with Crippen molar-refractivity contribution in [3.8, 4) is 5.69 Å². The molecule has 1 aromatic carbocycles. The zero-order chi connectivity index (χ0) is 20.4. The molecule has 0 N–H and O–H groups in total. The fourth-order valence-electron chi connectivity index (χ4n) is 3.27. The van der Waals surface area contributed by atoms with E-state index in [4.69, 9.17) is 4.74 Å². The Balaban J connectivity index is 1.69. The summed E-state index contributed by atoms with van der Waals surface area (Å²) in [7, 11) is 0. The summed E-state index contributed by atoms with van der Waals surface area (Å²) in [4.78, 5) is 37.6. The summed E-state index contributed by atoms with van der Waals surface area (Å²) in [5.74, 6) is -0.0218. The minimum atomic E-state index is -0.563. The van der Waals surface area contributed by atoms with Gasteiger partial charge in [0.2, 0.25) is 11.7 Å². The van der Waals surface area contributed by atoms with Crippen molar-refractivity contribution in [1.82, 2.24) is 9.47 Å². The van der Waals surface area contributed by atoms with Crippen LogP contribution in [0.4, 0.5) is 0 Å². The van der Waals surface area contributed by atoms with Crippen molar-refractivity contribution in [3.63, 3.8) is 0 Å². The van der Waals surface area contributed by atoms with E-state index in [0.29, 0.717) is 17.2 Å². The van der Waals surface area contributed by atoms with E-state index in [0.717, 1.165) is 17.1 Å². The molecule has 28 heavy (non-hydrogen) atoms. The van der Waals surface area contributed by atoms with Crippen LogP contribution in [-0.4, -0.2) is 51.9 Å². The molecule has 2 aromatic rings. The molecule has 7 heteroatoms. The van der Waals surface area contributed by atoms with E-state index in [1.54, 1.807) is 0 Å². The van der Waals surface area contributed by atoms with Gasteiger partial charge in [0, 0.05) is 22.6 Å². The number of amides is 1. The van der Waals surface area contributed by atoms with E-state index in [9.17, 15) is 14.4 Å². The molecule has 0 bridgehead atoms. The van der Waals surface area contributed by atoms with Gasteiger partial charge in [-0.2, -0.15) is 0 Å². The molecule has 2 heterocycles. The Kier molecular flexibility index (Phi) is 5.93. The largest absolute Gasteiger partial charge is 0.456 e. The summed E-state index contributed by atoms with van der Waals surface area (Å²) in [5.41, 5.74) is 5.68. The lowest BCUT2D eigenvalue weighted by molar-refractivity contribution is -0.146. The number of hydrogen-bond acceptors (Lipinski definition) is 5. The Morgan fingerprint density at radius 2 is 1.86 bits per heavy atom. The predicted octanol–water partition coefficient (Wildman–Crippen LogP) is 2.97. The maximum atomic E-state index is 12.6. The molecular formula is C21H24N2O4S. The van der Waals surface area contributed by atoms with Gasteiger partial charge >= 0.3 is 5.97 Å². The van der Waals surface area contributed by atoms with E-state index in [2.05, 4.69) is 26.0 Å². The molecule has 0 radical (unpaired) electrons. The summed E-state index contributed by atoms with van der Waals surface area (Å²) in [6.45, 7) is 7.51. The molecule has 0 saturated carbocycles. The molecule has 0 aliphatic carbocycles. The lowest BCUT2D eigenvalue weighted by atomic mass is 10.1. The number of nitrogens with zero attached hydrogens (tertiary/aromatic N) is 2. The van der Waals surface area contributed by atoms with E-state index >= 15 is 0 Å². The molecule has 0 unspecified atom stereocenters. The van der Waals surface area contributed by atoms with Crippen molar-refractivity contribution in [2.24, 2.45) is 0 Å². The fraction of sp³-hybridized carbons (Fsp3) is 0.381. The highest BCUT2D eigenvalue weighted by molar-refractivity contribution is 8.00. The quantitative estimate of drug-likeness (QED) is 0.551. The van der Waals surface area contributed by atoms with Crippen molar-refractivity contribution >= 4 is 29.4 Å². The number of rotatable bonds is 6. The first-order valence-corrected chi connectivity index (χ1v) is 10.2. The van der Waals surface area contributed by atoms with Gasteiger partial charge < -0.3 is 14.2 Å². The second-order valence-electron chi connectivity index (χ2n) is 7.04. The molecule has 1 aliphatic rings. The number of thioether (sulfide) groups is 1. The van der Waals surface area contributed by atoms with Gasteiger partial charge in [-0.1, -0.05) is 6.07 Å². The smallest absolute Gasteiger partial charge is 0.326 e. The molecule has 1 fully saturated rings. The Morgan fingerprint density at radius 3 is 2.50 bits per heavy atom. The van der Waals surface area contributed by atoms with Crippen molar-refractivity contribution in [2.75, 3.05) is 24.8 Å². The lowest BCUT2D eigenvalue weighted by Crippen LogP contribution is -2.33. The monoisotopic (exact) mass is 400 g/mol. The van der Waals surface area contributed by atoms with Crippen LogP contribution in [0.1, 0.15) is 32.9 Å². The number of esters is 1. The Labute approximate surface area is 168 Å². The molecule has 1 saturated heterocycles. The average Bonchev–Trinajstić information content (AvgIpc) is 3.18. The number of Topliss-reactive ketones (excluding diaryl/α,β-unsaturated/α-hetero) is 1. The number of carbonyl (C=O) groups is 3. The minimum absolute atomic E-state index is 0.0785. The fourth-order valence-corrected chi connectivity index (χ4v) is 4.18. The van der Waals surface area contributed by atoms with Gasteiger partial charge in [0.05, 0.1) is 11.6 Å². The number of ketones is 1. The van der Waals surface area contributed by atoms with Gasteiger partial charge in [-0.15, -0.1) is 11.8 Å². The molecule has 1 aliphatic heterocycles. The maximum absolute atomic E-state index is 12.6. The molecular weight excluding hydrogens is 376 g/mol. The average molecular weight is 401 g/mol.